The SMILES string of the molecule is C=C(/N=C1/C=CC(C)=C/C1=C/N)c1ccc(C)c(-c2ccccc2)n1. The van der Waals surface area contributed by atoms with Crippen LogP contribution in [0.25, 0.3) is 17.0 Å². The van der Waals surface area contributed by atoms with Crippen LogP contribution in [0.3, 0.4) is 0 Å². The number of nitrogens with zero attached hydrogens (tertiary/aromatic N) is 2. The van der Waals surface area contributed by atoms with Crippen molar-refractivity contribution in [2.45, 2.75) is 13.8 Å². The number of nitrogens with two attached hydrogens (primary N) is 1. The van der Waals surface area contributed by atoms with Gasteiger partial charge in [-0.2, -0.15) is 0 Å². The molecule has 3 heteroatoms. The maximum Gasteiger partial charge on any atom is 0.0888 e. The minimum atomic E-state index is 0.615. The Labute approximate surface area is 148 Å². The van der Waals surface area contributed by atoms with Gasteiger partial charge in [0, 0.05) is 17.3 Å². The molecule has 1 aliphatic carbocycles. The molecule has 0 atom stereocenters. The van der Waals surface area contributed by atoms with Gasteiger partial charge in [0.15, 0.2) is 0 Å². The zero-order chi connectivity index (χ0) is 17.8. The first-order valence-electron chi connectivity index (χ1n) is 8.18. The highest BCUT2D eigenvalue weighted by atomic mass is 14.8. The summed E-state index contributed by atoms with van der Waals surface area (Å²) in [7, 11) is 0. The number of hydrogen-bond acceptors (Lipinski definition) is 3. The normalized spacial score (nSPS) is 17.0. The number of rotatable bonds is 3. The van der Waals surface area contributed by atoms with E-state index in [0.29, 0.717) is 5.70 Å². The Morgan fingerprint density at radius 1 is 1.08 bits per heavy atom. The summed E-state index contributed by atoms with van der Waals surface area (Å²) in [6.45, 7) is 8.18. The number of benzene rings is 1. The van der Waals surface area contributed by atoms with E-state index in [-0.39, 0.29) is 0 Å². The highest BCUT2D eigenvalue weighted by molar-refractivity contribution is 6.13. The van der Waals surface area contributed by atoms with Crippen molar-refractivity contribution in [3.63, 3.8) is 0 Å². The Morgan fingerprint density at radius 2 is 1.84 bits per heavy atom. The van der Waals surface area contributed by atoms with Gasteiger partial charge in [0.05, 0.1) is 22.8 Å². The summed E-state index contributed by atoms with van der Waals surface area (Å²) in [5, 5.41) is 0. The molecule has 1 aliphatic rings. The Kier molecular flexibility index (Phi) is 4.75. The maximum absolute atomic E-state index is 5.72. The average Bonchev–Trinajstić information content (AvgIpc) is 2.64. The number of hydrogen-bond donors (Lipinski definition) is 1. The molecular weight excluding hydrogens is 306 g/mol. The molecule has 1 aromatic carbocycles. The van der Waals surface area contributed by atoms with Gasteiger partial charge in [-0.15, -0.1) is 0 Å². The third kappa shape index (κ3) is 3.66. The van der Waals surface area contributed by atoms with Crippen molar-refractivity contribution in [3.8, 4) is 11.3 Å². The second-order valence-electron chi connectivity index (χ2n) is 6.02. The molecule has 124 valence electrons. The molecule has 0 saturated carbocycles. The molecule has 0 amide bonds. The molecule has 0 unspecified atom stereocenters. The van der Waals surface area contributed by atoms with Crippen molar-refractivity contribution < 1.29 is 0 Å². The summed E-state index contributed by atoms with van der Waals surface area (Å²) >= 11 is 0. The molecule has 1 aromatic heterocycles. The van der Waals surface area contributed by atoms with Crippen LogP contribution in [0, 0.1) is 6.92 Å². The van der Waals surface area contributed by atoms with Crippen LogP contribution < -0.4 is 5.73 Å². The third-order valence-corrected chi connectivity index (χ3v) is 4.06. The Balaban J connectivity index is 1.96. The lowest BCUT2D eigenvalue weighted by molar-refractivity contribution is 1.22. The predicted octanol–water partition coefficient (Wildman–Crippen LogP) is 4.83. The predicted molar refractivity (Wildman–Crippen MR) is 106 cm³/mol. The van der Waals surface area contributed by atoms with Gasteiger partial charge in [0.25, 0.3) is 0 Å². The van der Waals surface area contributed by atoms with E-state index in [1.54, 1.807) is 6.20 Å². The largest absolute Gasteiger partial charge is 0.404 e. The zero-order valence-corrected chi connectivity index (χ0v) is 14.5. The minimum absolute atomic E-state index is 0.615. The molecule has 25 heavy (non-hydrogen) atoms. The maximum atomic E-state index is 5.72. The fourth-order valence-corrected chi connectivity index (χ4v) is 2.69. The quantitative estimate of drug-likeness (QED) is 0.878. The van der Waals surface area contributed by atoms with Crippen LogP contribution in [-0.2, 0) is 0 Å². The molecule has 3 rings (SSSR count). The smallest absolute Gasteiger partial charge is 0.0888 e. The molecule has 1 heterocycles. The van der Waals surface area contributed by atoms with E-state index < -0.39 is 0 Å². The highest BCUT2D eigenvalue weighted by Gasteiger charge is 2.10. The summed E-state index contributed by atoms with van der Waals surface area (Å²) < 4.78 is 0. The van der Waals surface area contributed by atoms with Crippen molar-refractivity contribution in [3.05, 3.63) is 95.9 Å². The number of allylic oxidation sites excluding steroid dienone is 5. The summed E-state index contributed by atoms with van der Waals surface area (Å²) in [4.78, 5) is 9.41. The van der Waals surface area contributed by atoms with Gasteiger partial charge in [0.2, 0.25) is 0 Å². The van der Waals surface area contributed by atoms with Crippen molar-refractivity contribution in [2.75, 3.05) is 0 Å². The van der Waals surface area contributed by atoms with Gasteiger partial charge in [-0.3, -0.25) is 0 Å². The van der Waals surface area contributed by atoms with E-state index in [1.807, 2.05) is 49.4 Å². The summed E-state index contributed by atoms with van der Waals surface area (Å²) in [5.41, 5.74) is 13.1. The lowest BCUT2D eigenvalue weighted by Gasteiger charge is -2.11. The second kappa shape index (κ2) is 7.14. The van der Waals surface area contributed by atoms with Crippen molar-refractivity contribution in [1.29, 1.82) is 0 Å². The number of aliphatic imine (C=N–C) groups is 1. The van der Waals surface area contributed by atoms with E-state index in [4.69, 9.17) is 10.7 Å². The molecule has 0 saturated heterocycles. The number of pyridine rings is 1. The van der Waals surface area contributed by atoms with Crippen LogP contribution in [0.15, 0.2) is 89.6 Å². The van der Waals surface area contributed by atoms with Crippen LogP contribution in [0.2, 0.25) is 0 Å². The van der Waals surface area contributed by atoms with Gasteiger partial charge in [-0.25, -0.2) is 9.98 Å². The molecule has 0 aliphatic heterocycles. The van der Waals surface area contributed by atoms with Gasteiger partial charge < -0.3 is 5.73 Å². The molecule has 0 radical (unpaired) electrons. The minimum Gasteiger partial charge on any atom is -0.404 e. The van der Waals surface area contributed by atoms with Crippen molar-refractivity contribution >= 4 is 11.4 Å². The van der Waals surface area contributed by atoms with Crippen molar-refractivity contribution in [1.82, 2.24) is 4.98 Å². The lowest BCUT2D eigenvalue weighted by atomic mass is 10.0. The molecule has 0 bridgehead atoms. The van der Waals surface area contributed by atoms with E-state index in [2.05, 4.69) is 36.7 Å². The van der Waals surface area contributed by atoms with Crippen molar-refractivity contribution in [2.24, 2.45) is 10.7 Å². The van der Waals surface area contributed by atoms with E-state index in [0.717, 1.165) is 39.4 Å². The number of aromatic nitrogens is 1. The zero-order valence-electron chi connectivity index (χ0n) is 14.5. The highest BCUT2D eigenvalue weighted by Crippen LogP contribution is 2.24. The molecular formula is C22H21N3. The second-order valence-corrected chi connectivity index (χ2v) is 6.02. The van der Waals surface area contributed by atoms with Gasteiger partial charge >= 0.3 is 0 Å². The Hall–Kier alpha value is -3.20. The van der Waals surface area contributed by atoms with Crippen LogP contribution in [0.5, 0.6) is 0 Å². The number of aryl methyl sites for hydroxylation is 1. The fourth-order valence-electron chi connectivity index (χ4n) is 2.69. The van der Waals surface area contributed by atoms with Gasteiger partial charge in [-0.05, 0) is 37.6 Å². The van der Waals surface area contributed by atoms with Crippen LogP contribution in [-0.4, -0.2) is 10.7 Å². The molecule has 2 aromatic rings. The van der Waals surface area contributed by atoms with Crippen LogP contribution in [0.4, 0.5) is 0 Å². The van der Waals surface area contributed by atoms with Crippen LogP contribution >= 0.6 is 0 Å². The molecule has 3 nitrogen and oxygen atoms in total. The summed E-state index contributed by atoms with van der Waals surface area (Å²) in [6.07, 6.45) is 7.53. The molecule has 0 fully saturated rings. The Morgan fingerprint density at radius 3 is 2.56 bits per heavy atom. The van der Waals surface area contributed by atoms with E-state index in [9.17, 15) is 0 Å². The van der Waals surface area contributed by atoms with E-state index in [1.165, 1.54) is 0 Å². The summed E-state index contributed by atoms with van der Waals surface area (Å²) in [5.74, 6) is 0. The summed E-state index contributed by atoms with van der Waals surface area (Å²) in [6, 6.07) is 14.1. The topological polar surface area (TPSA) is 51.3 Å². The van der Waals surface area contributed by atoms with E-state index >= 15 is 0 Å². The third-order valence-electron chi connectivity index (χ3n) is 4.06. The Bertz CT molecular complexity index is 929. The van der Waals surface area contributed by atoms with Crippen LogP contribution in [0.1, 0.15) is 18.2 Å². The first kappa shape index (κ1) is 16.7. The first-order chi connectivity index (χ1) is 12.1. The van der Waals surface area contributed by atoms with Gasteiger partial charge in [-0.1, -0.05) is 54.6 Å². The average molecular weight is 327 g/mol. The fraction of sp³-hybridized carbons (Fsp3) is 0.0909. The lowest BCUT2D eigenvalue weighted by Crippen LogP contribution is -2.05. The van der Waals surface area contributed by atoms with Gasteiger partial charge in [0.1, 0.15) is 0 Å². The monoisotopic (exact) mass is 327 g/mol. The standard InChI is InChI=1S/C22H21N3/c1-15-9-11-21(19(13-15)14-23)24-17(3)20-12-10-16(2)22(25-20)18-7-5-4-6-8-18/h4-14H,3,23H2,1-2H3/b19-14-,24-21-. The molecule has 0 spiro atoms. The first-order valence-corrected chi connectivity index (χ1v) is 8.18. The molecule has 2 N–H and O–H groups in total.